The van der Waals surface area contributed by atoms with Crippen molar-refractivity contribution < 1.29 is 19.1 Å². The molecular weight excluding hydrogens is 270 g/mol. The maximum Gasteiger partial charge on any atom is 0.305 e. The number of para-hydroxylation sites is 1. The van der Waals surface area contributed by atoms with E-state index < -0.39 is 5.97 Å². The normalized spacial score (nSPS) is 10.4. The van der Waals surface area contributed by atoms with E-state index in [0.717, 1.165) is 16.8 Å². The molecule has 2 rings (SSSR count). The zero-order valence-electron chi connectivity index (χ0n) is 12.0. The number of amides is 1. The molecule has 0 aliphatic carbocycles. The molecule has 0 spiro atoms. The minimum absolute atomic E-state index is 0.0978. The van der Waals surface area contributed by atoms with Crippen molar-refractivity contribution in [3.8, 4) is 0 Å². The molecule has 0 saturated heterocycles. The van der Waals surface area contributed by atoms with E-state index in [0.29, 0.717) is 0 Å². The second-order valence-electron chi connectivity index (χ2n) is 4.82. The monoisotopic (exact) mass is 287 g/mol. The van der Waals surface area contributed by atoms with Crippen molar-refractivity contribution in [1.82, 2.24) is 0 Å². The van der Waals surface area contributed by atoms with Crippen LogP contribution in [0.4, 0.5) is 5.69 Å². The Balaban J connectivity index is 2.40. The highest BCUT2D eigenvalue weighted by Crippen LogP contribution is 2.26. The van der Waals surface area contributed by atoms with E-state index >= 15 is 0 Å². The van der Waals surface area contributed by atoms with Gasteiger partial charge in [-0.05, 0) is 37.1 Å². The lowest BCUT2D eigenvalue weighted by Crippen LogP contribution is -2.34. The lowest BCUT2D eigenvalue weighted by atomic mass is 10.1. The zero-order valence-corrected chi connectivity index (χ0v) is 12.0. The molecule has 2 aromatic rings. The molecule has 0 aliphatic rings. The van der Waals surface area contributed by atoms with Gasteiger partial charge >= 0.3 is 5.97 Å². The highest BCUT2D eigenvalue weighted by molar-refractivity contribution is 6.05. The predicted molar refractivity (Wildman–Crippen MR) is 78.6 cm³/mol. The summed E-state index contributed by atoms with van der Waals surface area (Å²) in [6, 6.07) is 8.90. The Morgan fingerprint density at radius 2 is 1.81 bits per heavy atom. The van der Waals surface area contributed by atoms with Gasteiger partial charge in [0.1, 0.15) is 0 Å². The van der Waals surface area contributed by atoms with Crippen LogP contribution in [0.2, 0.25) is 0 Å². The first kappa shape index (κ1) is 14.8. The van der Waals surface area contributed by atoms with Crippen LogP contribution in [0.25, 0.3) is 0 Å². The van der Waals surface area contributed by atoms with Crippen molar-refractivity contribution in [2.24, 2.45) is 0 Å². The number of hydrogen-bond donors (Lipinski definition) is 1. The quantitative estimate of drug-likeness (QED) is 0.917. The molecule has 110 valence electrons. The van der Waals surface area contributed by atoms with Gasteiger partial charge in [0, 0.05) is 12.2 Å². The number of aryl methyl sites for hydroxylation is 2. The van der Waals surface area contributed by atoms with Crippen LogP contribution >= 0.6 is 0 Å². The molecule has 0 unspecified atom stereocenters. The minimum atomic E-state index is -0.946. The van der Waals surface area contributed by atoms with Crippen LogP contribution in [0.3, 0.4) is 0 Å². The number of rotatable bonds is 5. The highest BCUT2D eigenvalue weighted by Gasteiger charge is 2.23. The Morgan fingerprint density at radius 3 is 2.33 bits per heavy atom. The first-order chi connectivity index (χ1) is 10.0. The summed E-state index contributed by atoms with van der Waals surface area (Å²) in [6.45, 7) is 3.89. The molecule has 0 radical (unpaired) electrons. The third-order valence-corrected chi connectivity index (χ3v) is 3.24. The van der Waals surface area contributed by atoms with Gasteiger partial charge in [0.25, 0.3) is 5.91 Å². The second kappa shape index (κ2) is 6.26. The van der Waals surface area contributed by atoms with Gasteiger partial charge in [-0.25, -0.2) is 0 Å². The standard InChI is InChI=1S/C16H17NO4/c1-11-5-3-6-12(2)15(11)17(9-8-14(18)19)16(20)13-7-4-10-21-13/h3-7,10H,8-9H2,1-2H3,(H,18,19). The van der Waals surface area contributed by atoms with Crippen LogP contribution in [0.1, 0.15) is 28.1 Å². The fourth-order valence-electron chi connectivity index (χ4n) is 2.29. The number of furan rings is 1. The number of benzene rings is 1. The summed E-state index contributed by atoms with van der Waals surface area (Å²) in [4.78, 5) is 24.9. The number of aliphatic carboxylic acids is 1. The number of anilines is 1. The smallest absolute Gasteiger partial charge is 0.305 e. The molecule has 1 amide bonds. The Bertz CT molecular complexity index is 626. The fraction of sp³-hybridized carbons (Fsp3) is 0.250. The summed E-state index contributed by atoms with van der Waals surface area (Å²) in [5.74, 6) is -1.08. The number of nitrogens with zero attached hydrogens (tertiary/aromatic N) is 1. The van der Waals surface area contributed by atoms with E-state index in [1.165, 1.54) is 11.2 Å². The average Bonchev–Trinajstić information content (AvgIpc) is 2.95. The van der Waals surface area contributed by atoms with Gasteiger partial charge in [-0.15, -0.1) is 0 Å². The van der Waals surface area contributed by atoms with Crippen LogP contribution < -0.4 is 4.90 Å². The Kier molecular flexibility index (Phi) is 4.42. The van der Waals surface area contributed by atoms with E-state index in [1.807, 2.05) is 32.0 Å². The van der Waals surface area contributed by atoms with E-state index in [2.05, 4.69) is 0 Å². The van der Waals surface area contributed by atoms with Crippen molar-refractivity contribution in [3.63, 3.8) is 0 Å². The van der Waals surface area contributed by atoms with E-state index in [9.17, 15) is 9.59 Å². The third-order valence-electron chi connectivity index (χ3n) is 3.24. The number of hydrogen-bond acceptors (Lipinski definition) is 3. The van der Waals surface area contributed by atoms with Gasteiger partial charge in [0.05, 0.1) is 12.7 Å². The molecule has 0 aliphatic heterocycles. The van der Waals surface area contributed by atoms with Gasteiger partial charge in [0.2, 0.25) is 0 Å². The van der Waals surface area contributed by atoms with Crippen molar-refractivity contribution in [2.75, 3.05) is 11.4 Å². The first-order valence-electron chi connectivity index (χ1n) is 6.64. The van der Waals surface area contributed by atoms with Crippen molar-refractivity contribution in [2.45, 2.75) is 20.3 Å². The van der Waals surface area contributed by atoms with Crippen molar-refractivity contribution >= 4 is 17.6 Å². The van der Waals surface area contributed by atoms with Gasteiger partial charge in [0.15, 0.2) is 5.76 Å². The van der Waals surface area contributed by atoms with Crippen LogP contribution in [-0.2, 0) is 4.79 Å². The summed E-state index contributed by atoms with van der Waals surface area (Å²) in [5.41, 5.74) is 2.57. The molecule has 0 saturated carbocycles. The van der Waals surface area contributed by atoms with Gasteiger partial charge in [-0.2, -0.15) is 0 Å². The SMILES string of the molecule is Cc1cccc(C)c1N(CCC(=O)O)C(=O)c1ccco1. The second-order valence-corrected chi connectivity index (χ2v) is 4.82. The van der Waals surface area contributed by atoms with Crippen LogP contribution in [0.15, 0.2) is 41.0 Å². The molecule has 1 N–H and O–H groups in total. The minimum Gasteiger partial charge on any atom is -0.481 e. The summed E-state index contributed by atoms with van der Waals surface area (Å²) in [5, 5.41) is 8.90. The molecule has 5 nitrogen and oxygen atoms in total. The summed E-state index contributed by atoms with van der Waals surface area (Å²) >= 11 is 0. The molecular formula is C16H17NO4. The number of carbonyl (C=O) groups is 2. The van der Waals surface area contributed by atoms with Gasteiger partial charge in [-0.3, -0.25) is 9.59 Å². The fourth-order valence-corrected chi connectivity index (χ4v) is 2.29. The topological polar surface area (TPSA) is 70.8 Å². The summed E-state index contributed by atoms with van der Waals surface area (Å²) in [6.07, 6.45) is 1.30. The molecule has 0 bridgehead atoms. The molecule has 1 aromatic heterocycles. The maximum absolute atomic E-state index is 12.6. The van der Waals surface area contributed by atoms with Gasteiger partial charge < -0.3 is 14.4 Å². The lowest BCUT2D eigenvalue weighted by molar-refractivity contribution is -0.136. The predicted octanol–water partition coefficient (Wildman–Crippen LogP) is 3.02. The number of carboxylic acids is 1. The summed E-state index contributed by atoms with van der Waals surface area (Å²) < 4.78 is 5.15. The zero-order chi connectivity index (χ0) is 15.4. The number of carboxylic acid groups (broad SMARTS) is 1. The van der Waals surface area contributed by atoms with Crippen molar-refractivity contribution in [3.05, 3.63) is 53.5 Å². The van der Waals surface area contributed by atoms with E-state index in [4.69, 9.17) is 9.52 Å². The summed E-state index contributed by atoms with van der Waals surface area (Å²) in [7, 11) is 0. The van der Waals surface area contributed by atoms with E-state index in [1.54, 1.807) is 12.1 Å². The molecule has 0 fully saturated rings. The van der Waals surface area contributed by atoms with E-state index in [-0.39, 0.29) is 24.6 Å². The Labute approximate surface area is 122 Å². The largest absolute Gasteiger partial charge is 0.481 e. The van der Waals surface area contributed by atoms with Crippen LogP contribution in [0.5, 0.6) is 0 Å². The Morgan fingerprint density at radius 1 is 1.14 bits per heavy atom. The van der Waals surface area contributed by atoms with Gasteiger partial charge in [-0.1, -0.05) is 18.2 Å². The third kappa shape index (κ3) is 3.31. The molecule has 1 aromatic carbocycles. The molecule has 5 heteroatoms. The first-order valence-corrected chi connectivity index (χ1v) is 6.64. The van der Waals surface area contributed by atoms with Crippen LogP contribution in [0, 0.1) is 13.8 Å². The Hall–Kier alpha value is -2.56. The molecule has 0 atom stereocenters. The highest BCUT2D eigenvalue weighted by atomic mass is 16.4. The lowest BCUT2D eigenvalue weighted by Gasteiger charge is -2.25. The molecule has 21 heavy (non-hydrogen) atoms. The average molecular weight is 287 g/mol. The van der Waals surface area contributed by atoms with Crippen molar-refractivity contribution in [1.29, 1.82) is 0 Å². The number of carbonyl (C=O) groups excluding carboxylic acids is 1. The maximum atomic E-state index is 12.6. The van der Waals surface area contributed by atoms with Crippen LogP contribution in [-0.4, -0.2) is 23.5 Å². The molecule has 1 heterocycles.